The molecule has 5 heteroatoms. The summed E-state index contributed by atoms with van der Waals surface area (Å²) in [6.07, 6.45) is 2.66. The molecule has 2 nitrogen and oxygen atoms in total. The molecule has 2 fully saturated rings. The molecule has 1 aromatic rings. The van der Waals surface area contributed by atoms with E-state index in [1.807, 2.05) is 11.8 Å². The Morgan fingerprint density at radius 2 is 2.05 bits per heavy atom. The first kappa shape index (κ1) is 14.7. The Bertz CT molecular complexity index is 506. The van der Waals surface area contributed by atoms with Crippen LogP contribution in [0.1, 0.15) is 29.6 Å². The zero-order valence-electron chi connectivity index (χ0n) is 11.0. The van der Waals surface area contributed by atoms with E-state index < -0.39 is 0 Å². The summed E-state index contributed by atoms with van der Waals surface area (Å²) in [4.78, 5) is 12.7. The maximum Gasteiger partial charge on any atom is 0.166 e. The first-order valence-electron chi connectivity index (χ1n) is 6.80. The highest BCUT2D eigenvalue weighted by Gasteiger charge is 2.42. The van der Waals surface area contributed by atoms with Crippen LogP contribution in [0.25, 0.3) is 0 Å². The molecule has 2 atom stereocenters. The van der Waals surface area contributed by atoms with Gasteiger partial charge in [0, 0.05) is 33.9 Å². The maximum absolute atomic E-state index is 12.7. The van der Waals surface area contributed by atoms with Crippen LogP contribution in [0.4, 0.5) is 0 Å². The highest BCUT2D eigenvalue weighted by Crippen LogP contribution is 2.41. The zero-order chi connectivity index (χ0) is 14.2. The summed E-state index contributed by atoms with van der Waals surface area (Å²) in [5, 5.41) is 1.03. The van der Waals surface area contributed by atoms with Gasteiger partial charge in [0.25, 0.3) is 0 Å². The average Bonchev–Trinajstić information content (AvgIpc) is 2.85. The standard InChI is InChI=1S/C15H16Cl2O2S/c16-12-5-11(6-13(17)7-12)14(18)10-1-3-19-15(8-10)2-4-20-9-15/h5-7,10H,1-4,8-9H2. The van der Waals surface area contributed by atoms with Crippen molar-refractivity contribution >= 4 is 40.7 Å². The second-order valence-electron chi connectivity index (χ2n) is 5.55. The van der Waals surface area contributed by atoms with E-state index in [4.69, 9.17) is 27.9 Å². The van der Waals surface area contributed by atoms with Gasteiger partial charge in [0.05, 0.1) is 5.60 Å². The summed E-state index contributed by atoms with van der Waals surface area (Å²) in [6, 6.07) is 5.07. The van der Waals surface area contributed by atoms with Gasteiger partial charge in [0.2, 0.25) is 0 Å². The van der Waals surface area contributed by atoms with Gasteiger partial charge in [0.15, 0.2) is 5.78 Å². The van der Waals surface area contributed by atoms with Crippen molar-refractivity contribution in [3.05, 3.63) is 33.8 Å². The van der Waals surface area contributed by atoms with Crippen molar-refractivity contribution < 1.29 is 9.53 Å². The highest BCUT2D eigenvalue weighted by atomic mass is 35.5. The number of carbonyl (C=O) groups excluding carboxylic acids is 1. The van der Waals surface area contributed by atoms with E-state index in [0.717, 1.165) is 30.8 Å². The van der Waals surface area contributed by atoms with Crippen LogP contribution in [0.3, 0.4) is 0 Å². The van der Waals surface area contributed by atoms with Gasteiger partial charge in [0.1, 0.15) is 0 Å². The molecule has 0 bridgehead atoms. The summed E-state index contributed by atoms with van der Waals surface area (Å²) in [5.41, 5.74) is 0.543. The van der Waals surface area contributed by atoms with E-state index in [0.29, 0.717) is 22.2 Å². The molecule has 20 heavy (non-hydrogen) atoms. The Kier molecular flexibility index (Phi) is 4.32. The Labute approximate surface area is 133 Å². The van der Waals surface area contributed by atoms with Gasteiger partial charge in [-0.2, -0.15) is 11.8 Å². The fourth-order valence-corrected chi connectivity index (χ4v) is 4.95. The molecular weight excluding hydrogens is 315 g/mol. The maximum atomic E-state index is 12.7. The number of hydrogen-bond donors (Lipinski definition) is 0. The van der Waals surface area contributed by atoms with Gasteiger partial charge in [-0.25, -0.2) is 0 Å². The van der Waals surface area contributed by atoms with Crippen molar-refractivity contribution in [1.82, 2.24) is 0 Å². The van der Waals surface area contributed by atoms with Gasteiger partial charge in [-0.3, -0.25) is 4.79 Å². The van der Waals surface area contributed by atoms with E-state index in [9.17, 15) is 4.79 Å². The van der Waals surface area contributed by atoms with Crippen LogP contribution in [-0.4, -0.2) is 29.5 Å². The molecule has 0 aliphatic carbocycles. The minimum atomic E-state index is -0.0778. The number of carbonyl (C=O) groups is 1. The molecule has 1 spiro atoms. The Balaban J connectivity index is 1.79. The SMILES string of the molecule is O=C(c1cc(Cl)cc(Cl)c1)C1CCOC2(CCSC2)C1. The molecular formula is C15H16Cl2O2S. The summed E-state index contributed by atoms with van der Waals surface area (Å²) in [6.45, 7) is 0.672. The number of benzene rings is 1. The van der Waals surface area contributed by atoms with Gasteiger partial charge < -0.3 is 4.74 Å². The number of ether oxygens (including phenoxy) is 1. The topological polar surface area (TPSA) is 26.3 Å². The van der Waals surface area contributed by atoms with E-state index >= 15 is 0 Å². The number of thioether (sulfide) groups is 1. The number of Topliss-reactive ketones (excluding diaryl/α,β-unsaturated/α-hetero) is 1. The molecule has 2 aliphatic heterocycles. The molecule has 108 valence electrons. The minimum absolute atomic E-state index is 0.0250. The first-order valence-corrected chi connectivity index (χ1v) is 8.71. The predicted octanol–water partition coefficient (Wildman–Crippen LogP) is 4.48. The largest absolute Gasteiger partial charge is 0.374 e. The Morgan fingerprint density at radius 1 is 1.30 bits per heavy atom. The fourth-order valence-electron chi connectivity index (χ4n) is 3.05. The van der Waals surface area contributed by atoms with Crippen LogP contribution in [-0.2, 0) is 4.74 Å². The summed E-state index contributed by atoms with van der Waals surface area (Å²) in [7, 11) is 0. The van der Waals surface area contributed by atoms with Crippen molar-refractivity contribution in [3.8, 4) is 0 Å². The van der Waals surface area contributed by atoms with E-state index in [1.54, 1.807) is 18.2 Å². The molecule has 0 aromatic heterocycles. The van der Waals surface area contributed by atoms with Gasteiger partial charge in [-0.15, -0.1) is 0 Å². The van der Waals surface area contributed by atoms with Crippen molar-refractivity contribution in [2.75, 3.05) is 18.1 Å². The molecule has 0 saturated carbocycles. The molecule has 0 N–H and O–H groups in total. The molecule has 2 aliphatic rings. The zero-order valence-corrected chi connectivity index (χ0v) is 13.4. The average molecular weight is 331 g/mol. The lowest BCUT2D eigenvalue weighted by Gasteiger charge is -2.37. The van der Waals surface area contributed by atoms with Crippen molar-refractivity contribution in [2.24, 2.45) is 5.92 Å². The van der Waals surface area contributed by atoms with E-state index in [2.05, 4.69) is 0 Å². The molecule has 2 unspecified atom stereocenters. The molecule has 0 radical (unpaired) electrons. The van der Waals surface area contributed by atoms with Crippen LogP contribution < -0.4 is 0 Å². The number of hydrogen-bond acceptors (Lipinski definition) is 3. The van der Waals surface area contributed by atoms with Crippen molar-refractivity contribution in [2.45, 2.75) is 24.9 Å². The van der Waals surface area contributed by atoms with Crippen LogP contribution in [0.2, 0.25) is 10.0 Å². The molecule has 0 amide bonds. The normalized spacial score (nSPS) is 29.8. The number of halogens is 2. The van der Waals surface area contributed by atoms with Crippen LogP contribution in [0, 0.1) is 5.92 Å². The third-order valence-corrected chi connectivity index (χ3v) is 5.74. The lowest BCUT2D eigenvalue weighted by molar-refractivity contribution is -0.0734. The Hall–Kier alpha value is -0.220. The van der Waals surface area contributed by atoms with Crippen LogP contribution >= 0.6 is 35.0 Å². The fraction of sp³-hybridized carbons (Fsp3) is 0.533. The first-order chi connectivity index (χ1) is 9.58. The molecule has 2 heterocycles. The van der Waals surface area contributed by atoms with Gasteiger partial charge in [-0.1, -0.05) is 23.2 Å². The third kappa shape index (κ3) is 3.01. The second-order valence-corrected chi connectivity index (χ2v) is 7.52. The van der Waals surface area contributed by atoms with Gasteiger partial charge in [-0.05, 0) is 43.2 Å². The lowest BCUT2D eigenvalue weighted by Crippen LogP contribution is -2.42. The van der Waals surface area contributed by atoms with Crippen molar-refractivity contribution in [1.29, 1.82) is 0 Å². The lowest BCUT2D eigenvalue weighted by atomic mass is 9.81. The number of ketones is 1. The summed E-state index contributed by atoms with van der Waals surface area (Å²) >= 11 is 13.9. The van der Waals surface area contributed by atoms with Gasteiger partial charge >= 0.3 is 0 Å². The molecule has 3 rings (SSSR count). The van der Waals surface area contributed by atoms with E-state index in [1.165, 1.54) is 0 Å². The quantitative estimate of drug-likeness (QED) is 0.748. The predicted molar refractivity (Wildman–Crippen MR) is 84.1 cm³/mol. The highest BCUT2D eigenvalue weighted by molar-refractivity contribution is 7.99. The van der Waals surface area contributed by atoms with Crippen LogP contribution in [0.15, 0.2) is 18.2 Å². The second kappa shape index (κ2) is 5.88. The summed E-state index contributed by atoms with van der Waals surface area (Å²) in [5.74, 6) is 2.31. The smallest absolute Gasteiger partial charge is 0.166 e. The summed E-state index contributed by atoms with van der Waals surface area (Å²) < 4.78 is 5.96. The van der Waals surface area contributed by atoms with Crippen LogP contribution in [0.5, 0.6) is 0 Å². The van der Waals surface area contributed by atoms with Crippen molar-refractivity contribution in [3.63, 3.8) is 0 Å². The number of rotatable bonds is 2. The third-order valence-electron chi connectivity index (χ3n) is 4.08. The Morgan fingerprint density at radius 3 is 2.70 bits per heavy atom. The minimum Gasteiger partial charge on any atom is -0.374 e. The monoisotopic (exact) mass is 330 g/mol. The molecule has 1 aromatic carbocycles. The molecule has 2 saturated heterocycles. The van der Waals surface area contributed by atoms with E-state index in [-0.39, 0.29) is 17.3 Å².